The lowest BCUT2D eigenvalue weighted by Gasteiger charge is -2.15. The van der Waals surface area contributed by atoms with E-state index in [4.69, 9.17) is 9.88 Å². The standard InChI is InChI=1S/C22H20BrN3O5S/c1-31-21-18(11-16(12-19(21)23)26-8-6-20(27)25-22(26)28)15-4-5-17-13(2-3-14(17)10-15)7-9-32(24,29)30/h2,4-6,8,10-12H,3,7,9H2,1H3,(H2,24,29,30)(H,25,27,28). The summed E-state index contributed by atoms with van der Waals surface area (Å²) in [7, 11) is -1.96. The fourth-order valence-electron chi connectivity index (χ4n) is 3.84. The van der Waals surface area contributed by atoms with E-state index in [1.165, 1.54) is 16.8 Å². The minimum atomic E-state index is -3.53. The van der Waals surface area contributed by atoms with E-state index in [9.17, 15) is 18.0 Å². The fraction of sp³-hybridized carbons (Fsp3) is 0.182. The Labute approximate surface area is 192 Å². The summed E-state index contributed by atoms with van der Waals surface area (Å²) in [5.74, 6) is 0.503. The number of nitrogens with one attached hydrogen (secondary N) is 1. The van der Waals surface area contributed by atoms with E-state index in [1.54, 1.807) is 13.2 Å². The molecule has 10 heteroatoms. The molecule has 0 atom stereocenters. The third-order valence-electron chi connectivity index (χ3n) is 5.32. The van der Waals surface area contributed by atoms with Crippen molar-refractivity contribution in [3.8, 4) is 22.6 Å². The zero-order valence-corrected chi connectivity index (χ0v) is 19.5. The van der Waals surface area contributed by atoms with Gasteiger partial charge in [-0.15, -0.1) is 0 Å². The number of halogens is 1. The van der Waals surface area contributed by atoms with Crippen LogP contribution in [0.2, 0.25) is 0 Å². The highest BCUT2D eigenvalue weighted by atomic mass is 79.9. The minimum absolute atomic E-state index is 0.100. The van der Waals surface area contributed by atoms with Crippen LogP contribution in [0.3, 0.4) is 0 Å². The van der Waals surface area contributed by atoms with Crippen molar-refractivity contribution in [3.05, 3.63) is 85.1 Å². The Kier molecular flexibility index (Phi) is 5.93. The normalized spacial score (nSPS) is 13.0. The quantitative estimate of drug-likeness (QED) is 0.519. The third kappa shape index (κ3) is 4.47. The van der Waals surface area contributed by atoms with E-state index in [0.717, 1.165) is 27.8 Å². The summed E-state index contributed by atoms with van der Waals surface area (Å²) in [6, 6.07) is 10.7. The number of H-pyrrole nitrogens is 1. The van der Waals surface area contributed by atoms with Crippen molar-refractivity contribution in [2.75, 3.05) is 12.9 Å². The molecular formula is C22H20BrN3O5S. The molecule has 0 saturated heterocycles. The molecular weight excluding hydrogens is 498 g/mol. The molecule has 0 aliphatic heterocycles. The van der Waals surface area contributed by atoms with Crippen molar-refractivity contribution in [1.82, 2.24) is 9.55 Å². The predicted octanol–water partition coefficient (Wildman–Crippen LogP) is 2.58. The van der Waals surface area contributed by atoms with E-state index in [2.05, 4.69) is 20.9 Å². The van der Waals surface area contributed by atoms with E-state index < -0.39 is 21.3 Å². The zero-order valence-electron chi connectivity index (χ0n) is 17.1. The number of hydrogen-bond donors (Lipinski definition) is 2. The van der Waals surface area contributed by atoms with Gasteiger partial charge in [0.2, 0.25) is 10.0 Å². The van der Waals surface area contributed by atoms with Crippen LogP contribution in [0.4, 0.5) is 0 Å². The number of rotatable bonds is 6. The van der Waals surface area contributed by atoms with Gasteiger partial charge >= 0.3 is 5.69 Å². The SMILES string of the molecule is COc1c(Br)cc(-n2ccc(=O)[nH]c2=O)cc1-c1ccc2c(c1)CC=C2CCS(N)(=O)=O. The Morgan fingerprint density at radius 1 is 1.16 bits per heavy atom. The molecule has 0 fully saturated rings. The van der Waals surface area contributed by atoms with Crippen LogP contribution >= 0.6 is 15.9 Å². The number of nitrogens with zero attached hydrogens (tertiary/aromatic N) is 1. The summed E-state index contributed by atoms with van der Waals surface area (Å²) >= 11 is 3.51. The Bertz CT molecular complexity index is 1470. The molecule has 0 spiro atoms. The van der Waals surface area contributed by atoms with Crippen LogP contribution in [-0.4, -0.2) is 30.8 Å². The number of aromatic amines is 1. The maximum atomic E-state index is 12.3. The fourth-order valence-corrected chi connectivity index (χ4v) is 4.95. The summed E-state index contributed by atoms with van der Waals surface area (Å²) in [5.41, 5.74) is 4.21. The Hall–Kier alpha value is -2.95. The first-order valence-electron chi connectivity index (χ1n) is 9.69. The maximum absolute atomic E-state index is 12.3. The number of hydrogen-bond acceptors (Lipinski definition) is 5. The molecule has 0 bridgehead atoms. The Balaban J connectivity index is 1.76. The number of methoxy groups -OCH3 is 1. The van der Waals surface area contributed by atoms with Gasteiger partial charge in [0.1, 0.15) is 5.75 Å². The molecule has 0 amide bonds. The second-order valence-electron chi connectivity index (χ2n) is 7.41. The minimum Gasteiger partial charge on any atom is -0.495 e. The monoisotopic (exact) mass is 517 g/mol. The topological polar surface area (TPSA) is 124 Å². The van der Waals surface area contributed by atoms with Crippen molar-refractivity contribution in [1.29, 1.82) is 0 Å². The highest BCUT2D eigenvalue weighted by Crippen LogP contribution is 2.40. The summed E-state index contributed by atoms with van der Waals surface area (Å²) in [6.07, 6.45) is 4.49. The van der Waals surface area contributed by atoms with Crippen molar-refractivity contribution in [3.63, 3.8) is 0 Å². The summed E-state index contributed by atoms with van der Waals surface area (Å²) < 4.78 is 30.2. The van der Waals surface area contributed by atoms with Gasteiger partial charge in [-0.3, -0.25) is 14.3 Å². The molecule has 1 aliphatic carbocycles. The number of sulfonamides is 1. The summed E-state index contributed by atoms with van der Waals surface area (Å²) in [6.45, 7) is 0. The zero-order chi connectivity index (χ0) is 23.0. The molecule has 1 aromatic heterocycles. The van der Waals surface area contributed by atoms with Crippen LogP contribution in [0, 0.1) is 0 Å². The molecule has 0 unspecified atom stereocenters. The molecule has 166 valence electrons. The highest BCUT2D eigenvalue weighted by molar-refractivity contribution is 9.10. The van der Waals surface area contributed by atoms with Crippen molar-refractivity contribution in [2.45, 2.75) is 12.8 Å². The van der Waals surface area contributed by atoms with Gasteiger partial charge < -0.3 is 4.74 Å². The Morgan fingerprint density at radius 3 is 2.62 bits per heavy atom. The second-order valence-corrected chi connectivity index (χ2v) is 10.00. The maximum Gasteiger partial charge on any atom is 0.332 e. The van der Waals surface area contributed by atoms with Gasteiger partial charge in [-0.25, -0.2) is 18.4 Å². The smallest absolute Gasteiger partial charge is 0.332 e. The molecule has 1 aliphatic rings. The number of aromatic nitrogens is 2. The van der Waals surface area contributed by atoms with E-state index in [-0.39, 0.29) is 5.75 Å². The number of nitrogens with two attached hydrogens (primary N) is 1. The largest absolute Gasteiger partial charge is 0.495 e. The lowest BCUT2D eigenvalue weighted by Crippen LogP contribution is -2.27. The van der Waals surface area contributed by atoms with Gasteiger partial charge in [-0.1, -0.05) is 24.3 Å². The predicted molar refractivity (Wildman–Crippen MR) is 127 cm³/mol. The average Bonchev–Trinajstić information content (AvgIpc) is 3.13. The average molecular weight is 518 g/mol. The first-order chi connectivity index (χ1) is 15.2. The number of primary sulfonamides is 1. The van der Waals surface area contributed by atoms with Gasteiger partial charge in [0.25, 0.3) is 5.56 Å². The van der Waals surface area contributed by atoms with Gasteiger partial charge in [-0.05, 0) is 63.2 Å². The van der Waals surface area contributed by atoms with Crippen LogP contribution < -0.4 is 21.1 Å². The molecule has 3 aromatic rings. The van der Waals surface area contributed by atoms with Gasteiger partial charge in [0.05, 0.1) is 23.0 Å². The van der Waals surface area contributed by atoms with Crippen LogP contribution in [0.25, 0.3) is 22.4 Å². The summed E-state index contributed by atoms with van der Waals surface area (Å²) in [5, 5.41) is 5.14. The number of benzene rings is 2. The third-order valence-corrected chi connectivity index (χ3v) is 6.68. The highest BCUT2D eigenvalue weighted by Gasteiger charge is 2.19. The molecule has 32 heavy (non-hydrogen) atoms. The number of allylic oxidation sites excluding steroid dienone is 2. The van der Waals surface area contributed by atoms with Crippen LogP contribution in [-0.2, 0) is 16.4 Å². The lowest BCUT2D eigenvalue weighted by molar-refractivity contribution is 0.413. The molecule has 1 heterocycles. The van der Waals surface area contributed by atoms with Crippen molar-refractivity contribution < 1.29 is 13.2 Å². The van der Waals surface area contributed by atoms with E-state index in [0.29, 0.717) is 28.8 Å². The van der Waals surface area contributed by atoms with Crippen molar-refractivity contribution >= 4 is 31.5 Å². The van der Waals surface area contributed by atoms with Crippen LogP contribution in [0.5, 0.6) is 5.75 Å². The molecule has 4 rings (SSSR count). The molecule has 3 N–H and O–H groups in total. The van der Waals surface area contributed by atoms with Gasteiger partial charge in [0.15, 0.2) is 0 Å². The number of fused-ring (bicyclic) bond motifs is 1. The lowest BCUT2D eigenvalue weighted by atomic mass is 9.97. The van der Waals surface area contributed by atoms with Gasteiger partial charge in [0, 0.05) is 17.8 Å². The first-order valence-corrected chi connectivity index (χ1v) is 12.2. The molecule has 8 nitrogen and oxygen atoms in total. The number of ether oxygens (including phenoxy) is 1. The second kappa shape index (κ2) is 8.53. The van der Waals surface area contributed by atoms with Crippen LogP contribution in [0.1, 0.15) is 17.5 Å². The van der Waals surface area contributed by atoms with E-state index in [1.807, 2.05) is 30.3 Å². The Morgan fingerprint density at radius 2 is 1.94 bits per heavy atom. The molecule has 0 radical (unpaired) electrons. The van der Waals surface area contributed by atoms with Crippen LogP contribution in [0.15, 0.2) is 62.7 Å². The molecule has 0 saturated carbocycles. The first kappa shape index (κ1) is 22.3. The van der Waals surface area contributed by atoms with E-state index >= 15 is 0 Å². The van der Waals surface area contributed by atoms with Gasteiger partial charge in [-0.2, -0.15) is 0 Å². The summed E-state index contributed by atoms with van der Waals surface area (Å²) in [4.78, 5) is 26.0. The molecule has 2 aromatic carbocycles. The van der Waals surface area contributed by atoms with Crippen molar-refractivity contribution in [2.24, 2.45) is 5.14 Å².